The van der Waals surface area contributed by atoms with Crippen molar-refractivity contribution in [3.05, 3.63) is 65.1 Å². The summed E-state index contributed by atoms with van der Waals surface area (Å²) in [6.45, 7) is 18.7. The molecule has 0 N–H and O–H groups in total. The third-order valence-electron chi connectivity index (χ3n) is 6.69. The summed E-state index contributed by atoms with van der Waals surface area (Å²) in [7, 11) is 0. The molecule has 1 saturated heterocycles. The molecule has 7 heteroatoms. The quantitative estimate of drug-likeness (QED) is 0.223. The normalized spacial score (nSPS) is 14.5. The van der Waals surface area contributed by atoms with Crippen molar-refractivity contribution in [2.45, 2.75) is 59.6 Å². The first-order valence-electron chi connectivity index (χ1n) is 13.1. The molecule has 1 aliphatic heterocycles. The number of likely N-dealkylation sites (tertiary alicyclic amines) is 1. The molecule has 1 aliphatic rings. The van der Waals surface area contributed by atoms with Crippen LogP contribution in [-0.2, 0) is 22.5 Å². The van der Waals surface area contributed by atoms with Crippen LogP contribution in [0.1, 0.15) is 51.7 Å². The monoisotopic (exact) mass is 517 g/mol. The molecule has 0 saturated carbocycles. The Balaban J connectivity index is 1.52. The Morgan fingerprint density at radius 1 is 1.22 bits per heavy atom. The van der Waals surface area contributed by atoms with Crippen molar-refractivity contribution in [3.63, 3.8) is 0 Å². The minimum atomic E-state index is -0.0509. The fourth-order valence-electron chi connectivity index (χ4n) is 4.88. The second-order valence-electron chi connectivity index (χ2n) is 9.59. The Morgan fingerprint density at radius 3 is 2.68 bits per heavy atom. The average Bonchev–Trinajstić information content (AvgIpc) is 3.39. The SMILES string of the molecule is [C-]#[N+]c1cc(-c2ncc(-c3cccc(CN4CCC(C(=O)OCC)CC4)c3CC)s2)ccc1OC(C)C. The summed E-state index contributed by atoms with van der Waals surface area (Å²) >= 11 is 1.65. The Morgan fingerprint density at radius 2 is 2.00 bits per heavy atom. The van der Waals surface area contributed by atoms with Crippen molar-refractivity contribution in [2.75, 3.05) is 19.7 Å². The topological polar surface area (TPSA) is 56.0 Å². The van der Waals surface area contributed by atoms with E-state index in [1.807, 2.05) is 45.2 Å². The van der Waals surface area contributed by atoms with Gasteiger partial charge in [-0.2, -0.15) is 0 Å². The van der Waals surface area contributed by atoms with Crippen LogP contribution in [0.15, 0.2) is 42.6 Å². The molecule has 2 aromatic carbocycles. The molecule has 0 atom stereocenters. The van der Waals surface area contributed by atoms with Crippen LogP contribution in [0.4, 0.5) is 5.69 Å². The van der Waals surface area contributed by atoms with Crippen LogP contribution in [0.2, 0.25) is 0 Å². The Bertz CT molecular complexity index is 1270. The Labute approximate surface area is 224 Å². The lowest BCUT2D eigenvalue weighted by Gasteiger charge is -2.31. The molecule has 194 valence electrons. The maximum atomic E-state index is 12.1. The van der Waals surface area contributed by atoms with Gasteiger partial charge in [0.15, 0.2) is 0 Å². The molecule has 0 aliphatic carbocycles. The molecule has 1 aromatic heterocycles. The van der Waals surface area contributed by atoms with Gasteiger partial charge in [0.05, 0.1) is 30.1 Å². The Hall–Kier alpha value is -3.21. The second-order valence-corrected chi connectivity index (χ2v) is 10.6. The Kier molecular flexibility index (Phi) is 8.96. The molecule has 0 spiro atoms. The second kappa shape index (κ2) is 12.4. The van der Waals surface area contributed by atoms with E-state index in [9.17, 15) is 4.79 Å². The fourth-order valence-corrected chi connectivity index (χ4v) is 5.85. The number of esters is 1. The van der Waals surface area contributed by atoms with Gasteiger partial charge in [0, 0.05) is 18.3 Å². The lowest BCUT2D eigenvalue weighted by atomic mass is 9.94. The third kappa shape index (κ3) is 6.38. The zero-order chi connectivity index (χ0) is 26.4. The van der Waals surface area contributed by atoms with E-state index in [1.54, 1.807) is 11.3 Å². The summed E-state index contributed by atoms with van der Waals surface area (Å²) in [5, 5.41) is 0.893. The van der Waals surface area contributed by atoms with Gasteiger partial charge in [-0.25, -0.2) is 9.83 Å². The molecular weight excluding hydrogens is 482 g/mol. The van der Waals surface area contributed by atoms with Crippen LogP contribution < -0.4 is 4.74 Å². The zero-order valence-electron chi connectivity index (χ0n) is 22.1. The maximum Gasteiger partial charge on any atom is 0.309 e. The molecule has 37 heavy (non-hydrogen) atoms. The highest BCUT2D eigenvalue weighted by Crippen LogP contribution is 2.39. The van der Waals surface area contributed by atoms with E-state index in [1.165, 1.54) is 16.7 Å². The lowest BCUT2D eigenvalue weighted by molar-refractivity contribution is -0.149. The number of rotatable bonds is 9. The van der Waals surface area contributed by atoms with E-state index in [0.29, 0.717) is 18.0 Å². The maximum absolute atomic E-state index is 12.1. The first-order chi connectivity index (χ1) is 17.9. The highest BCUT2D eigenvalue weighted by molar-refractivity contribution is 7.18. The molecule has 0 radical (unpaired) electrons. The molecule has 0 unspecified atom stereocenters. The summed E-state index contributed by atoms with van der Waals surface area (Å²) < 4.78 is 11.0. The smallest absolute Gasteiger partial charge is 0.309 e. The minimum Gasteiger partial charge on any atom is -0.502 e. The standard InChI is InChI=1S/C30H35N3O3S/c1-6-24-23(19-33-15-13-21(14-16-33)30(34)35-7-2)9-8-10-25(24)28-18-32-29(37-28)22-11-12-27(36-20(3)4)26(17-22)31-5/h8-12,17-18,20-21H,6-7,13-16,19H2,1-4H3. The van der Waals surface area contributed by atoms with Crippen LogP contribution in [0, 0.1) is 12.5 Å². The zero-order valence-corrected chi connectivity index (χ0v) is 22.9. The van der Waals surface area contributed by atoms with E-state index in [2.05, 4.69) is 34.9 Å². The fraction of sp³-hybridized carbons (Fsp3) is 0.433. The summed E-state index contributed by atoms with van der Waals surface area (Å²) in [4.78, 5) is 24.0. The molecule has 4 rings (SSSR count). The van der Waals surface area contributed by atoms with E-state index in [0.717, 1.165) is 54.3 Å². The number of ether oxygens (including phenoxy) is 2. The first-order valence-corrected chi connectivity index (χ1v) is 13.9. The first kappa shape index (κ1) is 26.8. The number of carbonyl (C=O) groups excluding carboxylic acids is 1. The van der Waals surface area contributed by atoms with Crippen molar-refractivity contribution >= 4 is 23.0 Å². The predicted octanol–water partition coefficient (Wildman–Crippen LogP) is 7.15. The van der Waals surface area contributed by atoms with E-state index < -0.39 is 0 Å². The number of thiazole rings is 1. The molecule has 1 fully saturated rings. The minimum absolute atomic E-state index is 0.0153. The average molecular weight is 518 g/mol. The summed E-state index contributed by atoms with van der Waals surface area (Å²) in [6, 6.07) is 12.2. The summed E-state index contributed by atoms with van der Waals surface area (Å²) in [5.74, 6) is 0.584. The van der Waals surface area contributed by atoms with Crippen molar-refractivity contribution in [1.29, 1.82) is 0 Å². The molecule has 6 nitrogen and oxygen atoms in total. The van der Waals surface area contributed by atoms with Gasteiger partial charge >= 0.3 is 5.97 Å². The molecule has 2 heterocycles. The number of aromatic nitrogens is 1. The molecular formula is C30H35N3O3S. The summed E-state index contributed by atoms with van der Waals surface area (Å²) in [5.41, 5.74) is 5.32. The number of hydrogen-bond donors (Lipinski definition) is 0. The van der Waals surface area contributed by atoms with Gasteiger partial charge in [-0.3, -0.25) is 9.69 Å². The van der Waals surface area contributed by atoms with Crippen LogP contribution >= 0.6 is 11.3 Å². The van der Waals surface area contributed by atoms with Gasteiger partial charge in [-0.05, 0) is 81.9 Å². The van der Waals surface area contributed by atoms with E-state index in [-0.39, 0.29) is 18.0 Å². The van der Waals surface area contributed by atoms with Gasteiger partial charge in [0.1, 0.15) is 10.8 Å². The van der Waals surface area contributed by atoms with Gasteiger partial charge in [-0.15, -0.1) is 11.3 Å². The van der Waals surface area contributed by atoms with Gasteiger partial charge < -0.3 is 9.47 Å². The van der Waals surface area contributed by atoms with Crippen LogP contribution in [-0.4, -0.2) is 41.7 Å². The van der Waals surface area contributed by atoms with Gasteiger partial charge in [-0.1, -0.05) is 31.2 Å². The molecule has 0 amide bonds. The van der Waals surface area contributed by atoms with Gasteiger partial charge in [0.25, 0.3) is 0 Å². The van der Waals surface area contributed by atoms with E-state index in [4.69, 9.17) is 21.0 Å². The van der Waals surface area contributed by atoms with Crippen molar-refractivity contribution < 1.29 is 14.3 Å². The number of piperidine rings is 1. The highest BCUT2D eigenvalue weighted by atomic mass is 32.1. The van der Waals surface area contributed by atoms with Crippen molar-refractivity contribution in [1.82, 2.24) is 9.88 Å². The number of nitrogens with zero attached hydrogens (tertiary/aromatic N) is 3. The molecule has 3 aromatic rings. The van der Waals surface area contributed by atoms with Crippen LogP contribution in [0.5, 0.6) is 5.75 Å². The van der Waals surface area contributed by atoms with E-state index >= 15 is 0 Å². The van der Waals surface area contributed by atoms with Crippen molar-refractivity contribution in [2.24, 2.45) is 5.92 Å². The summed E-state index contributed by atoms with van der Waals surface area (Å²) in [6.07, 6.45) is 4.60. The molecule has 0 bridgehead atoms. The number of benzene rings is 2. The highest BCUT2D eigenvalue weighted by Gasteiger charge is 2.26. The van der Waals surface area contributed by atoms with Crippen molar-refractivity contribution in [3.8, 4) is 26.8 Å². The third-order valence-corrected chi connectivity index (χ3v) is 7.77. The predicted molar refractivity (Wildman–Crippen MR) is 149 cm³/mol. The van der Waals surface area contributed by atoms with Crippen LogP contribution in [0.3, 0.4) is 0 Å². The number of carbonyl (C=O) groups is 1. The number of hydrogen-bond acceptors (Lipinski definition) is 6. The van der Waals surface area contributed by atoms with Crippen LogP contribution in [0.25, 0.3) is 25.9 Å². The lowest BCUT2D eigenvalue weighted by Crippen LogP contribution is -2.36. The van der Waals surface area contributed by atoms with Gasteiger partial charge in [0.2, 0.25) is 5.69 Å². The largest absolute Gasteiger partial charge is 0.502 e.